The maximum absolute atomic E-state index is 12.4. The molecule has 7 heteroatoms. The average molecular weight is 392 g/mol. The Bertz CT molecular complexity index is 1220. The number of rotatable bonds is 4. The molecule has 1 aromatic carbocycles. The van der Waals surface area contributed by atoms with E-state index in [2.05, 4.69) is 33.5 Å². The predicted octanol–water partition coefficient (Wildman–Crippen LogP) is 4.22. The average Bonchev–Trinajstić information content (AvgIpc) is 3.13. The lowest BCUT2D eigenvalue weighted by atomic mass is 10.0. The fraction of sp³-hybridized carbons (Fsp3) is 0.333. The van der Waals surface area contributed by atoms with Crippen molar-refractivity contribution < 1.29 is 4.79 Å². The Morgan fingerprint density at radius 3 is 2.93 bits per heavy atom. The number of aromatic nitrogens is 4. The van der Waals surface area contributed by atoms with Crippen LogP contribution >= 0.6 is 11.3 Å². The molecule has 0 unspecified atom stereocenters. The van der Waals surface area contributed by atoms with Crippen molar-refractivity contribution in [3.05, 3.63) is 42.4 Å². The molecule has 0 aliphatic heterocycles. The van der Waals surface area contributed by atoms with Crippen LogP contribution in [0.25, 0.3) is 32.0 Å². The van der Waals surface area contributed by atoms with Crippen LogP contribution in [0.3, 0.4) is 0 Å². The minimum Gasteiger partial charge on any atom is -0.349 e. The number of thiazole rings is 1. The lowest BCUT2D eigenvalue weighted by Gasteiger charge is -2.17. The summed E-state index contributed by atoms with van der Waals surface area (Å²) in [5, 5.41) is 4.07. The summed E-state index contributed by atoms with van der Waals surface area (Å²) in [6, 6.07) is 8.19. The summed E-state index contributed by atoms with van der Waals surface area (Å²) in [5.41, 5.74) is 4.68. The van der Waals surface area contributed by atoms with Crippen molar-refractivity contribution >= 4 is 38.6 Å². The monoisotopic (exact) mass is 391 g/mol. The van der Waals surface area contributed by atoms with Gasteiger partial charge in [-0.3, -0.25) is 4.79 Å². The first-order valence-corrected chi connectivity index (χ1v) is 10.2. The molecule has 1 saturated carbocycles. The number of nitrogens with zero attached hydrogens (tertiary/aromatic N) is 4. The standard InChI is InChI=1S/C21H21N5OS/c1-12(24-20(27)21(2)7-8-21)13-5-4-6-14(9-13)18-25-16-17-15(23-11-26(17)3)10-22-19(16)28-18/h4-6,9-12H,7-8H2,1-3H3,(H,24,27)/t12-/m0/s1. The lowest BCUT2D eigenvalue weighted by molar-refractivity contribution is -0.126. The van der Waals surface area contributed by atoms with Crippen molar-refractivity contribution in [2.24, 2.45) is 12.5 Å². The SMILES string of the molecule is C[C@H](NC(=O)C1(C)CC1)c1cccc(-c2nc3c(ncc4ncn(C)c43)s2)c1. The van der Waals surface area contributed by atoms with Crippen LogP contribution < -0.4 is 5.32 Å². The molecule has 6 nitrogen and oxygen atoms in total. The molecule has 142 valence electrons. The number of carbonyl (C=O) groups is 1. The highest BCUT2D eigenvalue weighted by molar-refractivity contribution is 7.21. The van der Waals surface area contributed by atoms with Gasteiger partial charge < -0.3 is 9.88 Å². The third-order valence-corrected chi connectivity index (χ3v) is 6.64. The first-order valence-electron chi connectivity index (χ1n) is 9.42. The summed E-state index contributed by atoms with van der Waals surface area (Å²) in [5.74, 6) is 0.146. The molecular weight excluding hydrogens is 370 g/mol. The molecular formula is C21H21N5OS. The smallest absolute Gasteiger partial charge is 0.226 e. The van der Waals surface area contributed by atoms with Gasteiger partial charge in [0, 0.05) is 18.0 Å². The van der Waals surface area contributed by atoms with Gasteiger partial charge in [-0.2, -0.15) is 0 Å². The predicted molar refractivity (Wildman–Crippen MR) is 111 cm³/mol. The van der Waals surface area contributed by atoms with Gasteiger partial charge in [0.25, 0.3) is 0 Å². The van der Waals surface area contributed by atoms with E-state index in [1.807, 2.05) is 31.5 Å². The summed E-state index contributed by atoms with van der Waals surface area (Å²) in [4.78, 5) is 27.0. The van der Waals surface area contributed by atoms with Gasteiger partial charge >= 0.3 is 0 Å². The number of amides is 1. The van der Waals surface area contributed by atoms with Crippen molar-refractivity contribution in [1.82, 2.24) is 24.8 Å². The summed E-state index contributed by atoms with van der Waals surface area (Å²) >= 11 is 1.58. The van der Waals surface area contributed by atoms with Crippen molar-refractivity contribution in [2.75, 3.05) is 0 Å². The maximum Gasteiger partial charge on any atom is 0.226 e. The molecule has 1 N–H and O–H groups in total. The Morgan fingerprint density at radius 1 is 1.32 bits per heavy atom. The second-order valence-corrected chi connectivity index (χ2v) is 8.88. The normalized spacial score (nSPS) is 16.4. The molecule has 28 heavy (non-hydrogen) atoms. The minimum absolute atomic E-state index is 0.0406. The maximum atomic E-state index is 12.4. The van der Waals surface area contributed by atoms with E-state index in [1.165, 1.54) is 0 Å². The third-order valence-electron chi connectivity index (χ3n) is 5.63. The Morgan fingerprint density at radius 2 is 2.14 bits per heavy atom. The molecule has 1 atom stereocenters. The van der Waals surface area contributed by atoms with E-state index in [1.54, 1.807) is 23.9 Å². The zero-order valence-corrected chi connectivity index (χ0v) is 16.9. The van der Waals surface area contributed by atoms with E-state index in [-0.39, 0.29) is 17.4 Å². The van der Waals surface area contributed by atoms with Gasteiger partial charge in [-0.1, -0.05) is 36.5 Å². The number of carbonyl (C=O) groups excluding carboxylic acids is 1. The molecule has 1 amide bonds. The third kappa shape index (κ3) is 2.77. The highest BCUT2D eigenvalue weighted by atomic mass is 32.1. The summed E-state index contributed by atoms with van der Waals surface area (Å²) in [7, 11) is 1.97. The van der Waals surface area contributed by atoms with Crippen LogP contribution in [-0.4, -0.2) is 25.4 Å². The zero-order valence-electron chi connectivity index (χ0n) is 16.1. The number of imidazole rings is 1. The van der Waals surface area contributed by atoms with Crippen molar-refractivity contribution in [2.45, 2.75) is 32.7 Å². The molecule has 3 aromatic heterocycles. The van der Waals surface area contributed by atoms with Crippen LogP contribution in [0.2, 0.25) is 0 Å². The second kappa shape index (κ2) is 6.10. The Balaban J connectivity index is 1.50. The molecule has 5 rings (SSSR count). The van der Waals surface area contributed by atoms with Gasteiger partial charge in [-0.15, -0.1) is 0 Å². The molecule has 0 radical (unpaired) electrons. The summed E-state index contributed by atoms with van der Waals surface area (Å²) in [6.45, 7) is 4.06. The van der Waals surface area contributed by atoms with Gasteiger partial charge in [0.05, 0.1) is 24.1 Å². The molecule has 1 aliphatic carbocycles. The highest BCUT2D eigenvalue weighted by Crippen LogP contribution is 2.45. The van der Waals surface area contributed by atoms with Crippen LogP contribution in [0.5, 0.6) is 0 Å². The largest absolute Gasteiger partial charge is 0.349 e. The fourth-order valence-electron chi connectivity index (χ4n) is 3.44. The highest BCUT2D eigenvalue weighted by Gasteiger charge is 2.45. The number of hydrogen-bond acceptors (Lipinski definition) is 5. The van der Waals surface area contributed by atoms with Gasteiger partial charge in [-0.25, -0.2) is 15.0 Å². The van der Waals surface area contributed by atoms with Crippen molar-refractivity contribution in [3.8, 4) is 10.6 Å². The Kier molecular flexibility index (Phi) is 3.77. The van der Waals surface area contributed by atoms with Crippen LogP contribution in [0.4, 0.5) is 0 Å². The van der Waals surface area contributed by atoms with Crippen LogP contribution in [-0.2, 0) is 11.8 Å². The van der Waals surface area contributed by atoms with Gasteiger partial charge in [0.1, 0.15) is 20.9 Å². The first-order chi connectivity index (χ1) is 13.4. The number of hydrogen-bond donors (Lipinski definition) is 1. The molecule has 1 fully saturated rings. The van der Waals surface area contributed by atoms with E-state index in [9.17, 15) is 4.79 Å². The van der Waals surface area contributed by atoms with Gasteiger partial charge in [0.15, 0.2) is 0 Å². The Labute approximate surface area is 166 Å². The quantitative estimate of drug-likeness (QED) is 0.565. The number of benzene rings is 1. The number of pyridine rings is 1. The van der Waals surface area contributed by atoms with E-state index in [0.29, 0.717) is 0 Å². The lowest BCUT2D eigenvalue weighted by Crippen LogP contribution is -2.32. The number of fused-ring (bicyclic) bond motifs is 3. The van der Waals surface area contributed by atoms with E-state index in [0.717, 1.165) is 50.4 Å². The molecule has 3 heterocycles. The van der Waals surface area contributed by atoms with Crippen molar-refractivity contribution in [1.29, 1.82) is 0 Å². The first kappa shape index (κ1) is 17.3. The van der Waals surface area contributed by atoms with Crippen LogP contribution in [0, 0.1) is 5.41 Å². The van der Waals surface area contributed by atoms with E-state index < -0.39 is 0 Å². The Hall–Kier alpha value is -2.80. The minimum atomic E-state index is -0.168. The number of aryl methyl sites for hydroxylation is 1. The van der Waals surface area contributed by atoms with Crippen molar-refractivity contribution in [3.63, 3.8) is 0 Å². The molecule has 1 aliphatic rings. The van der Waals surface area contributed by atoms with Crippen LogP contribution in [0.15, 0.2) is 36.8 Å². The summed E-state index contributed by atoms with van der Waals surface area (Å²) in [6.07, 6.45) is 5.54. The topological polar surface area (TPSA) is 72.7 Å². The molecule has 0 saturated heterocycles. The van der Waals surface area contributed by atoms with Gasteiger partial charge in [0.2, 0.25) is 5.91 Å². The van der Waals surface area contributed by atoms with E-state index >= 15 is 0 Å². The second-order valence-electron chi connectivity index (χ2n) is 7.90. The summed E-state index contributed by atoms with van der Waals surface area (Å²) < 4.78 is 1.98. The molecule has 0 bridgehead atoms. The van der Waals surface area contributed by atoms with Crippen LogP contribution in [0.1, 0.15) is 38.3 Å². The van der Waals surface area contributed by atoms with Gasteiger partial charge in [-0.05, 0) is 31.4 Å². The number of nitrogens with one attached hydrogen (secondary N) is 1. The molecule has 0 spiro atoms. The van der Waals surface area contributed by atoms with E-state index in [4.69, 9.17) is 4.98 Å². The zero-order chi connectivity index (χ0) is 19.5. The fourth-order valence-corrected chi connectivity index (χ4v) is 4.35. The molecule has 4 aromatic rings.